The summed E-state index contributed by atoms with van der Waals surface area (Å²) in [6.07, 6.45) is -1.34. The number of benzene rings is 1. The second kappa shape index (κ2) is 4.75. The van der Waals surface area contributed by atoms with E-state index in [0.717, 1.165) is 5.56 Å². The van der Waals surface area contributed by atoms with Crippen molar-refractivity contribution in [2.24, 2.45) is 0 Å². The van der Waals surface area contributed by atoms with E-state index in [9.17, 15) is 10.2 Å². The zero-order valence-corrected chi connectivity index (χ0v) is 8.45. The number of rotatable bonds is 1. The molecule has 0 radical (unpaired) electrons. The Hall–Kier alpha value is -0.610. The van der Waals surface area contributed by atoms with Crippen LogP contribution in [0.1, 0.15) is 11.6 Å². The molecule has 3 nitrogen and oxygen atoms in total. The average Bonchev–Trinajstić information content (AvgIpc) is 2.49. The lowest BCUT2D eigenvalue weighted by molar-refractivity contribution is 0.0405. The first-order valence-electron chi connectivity index (χ1n) is 4.43. The number of hydrogen-bond acceptors (Lipinski definition) is 3. The monoisotopic (exact) mass is 215 g/mol. The molecule has 1 aromatic rings. The zero-order chi connectivity index (χ0) is 9.26. The Morgan fingerprint density at radius 1 is 1.14 bits per heavy atom. The van der Waals surface area contributed by atoms with E-state index in [1.54, 1.807) is 0 Å². The van der Waals surface area contributed by atoms with Crippen LogP contribution in [0.2, 0.25) is 0 Å². The van der Waals surface area contributed by atoms with Crippen LogP contribution >= 0.6 is 12.4 Å². The lowest BCUT2D eigenvalue weighted by Gasteiger charge is -2.15. The van der Waals surface area contributed by atoms with E-state index in [4.69, 9.17) is 0 Å². The number of aliphatic hydroxyl groups excluding tert-OH is 2. The Bertz CT molecular complexity index is 281. The van der Waals surface area contributed by atoms with Crippen LogP contribution in [0, 0.1) is 0 Å². The third kappa shape index (κ3) is 2.07. The minimum absolute atomic E-state index is 0. The number of aliphatic hydroxyl groups is 2. The predicted molar refractivity (Wildman–Crippen MR) is 56.4 cm³/mol. The zero-order valence-electron chi connectivity index (χ0n) is 7.63. The summed E-state index contributed by atoms with van der Waals surface area (Å²) in [7, 11) is 0. The van der Waals surface area contributed by atoms with Gasteiger partial charge in [-0.15, -0.1) is 12.4 Å². The van der Waals surface area contributed by atoms with Gasteiger partial charge in [0.05, 0.1) is 12.1 Å². The highest BCUT2D eigenvalue weighted by molar-refractivity contribution is 5.85. The predicted octanol–water partition coefficient (Wildman–Crippen LogP) is 0.474. The van der Waals surface area contributed by atoms with Gasteiger partial charge in [0.1, 0.15) is 6.10 Å². The minimum atomic E-state index is -0.692. The molecular formula is C10H14ClNO2. The van der Waals surface area contributed by atoms with Gasteiger partial charge < -0.3 is 15.5 Å². The molecule has 3 N–H and O–H groups in total. The Labute approximate surface area is 89.2 Å². The summed E-state index contributed by atoms with van der Waals surface area (Å²) >= 11 is 0. The van der Waals surface area contributed by atoms with Crippen molar-refractivity contribution in [3.63, 3.8) is 0 Å². The van der Waals surface area contributed by atoms with E-state index in [2.05, 4.69) is 5.32 Å². The largest absolute Gasteiger partial charge is 0.389 e. The lowest BCUT2D eigenvalue weighted by Crippen LogP contribution is -2.25. The fourth-order valence-corrected chi connectivity index (χ4v) is 1.69. The van der Waals surface area contributed by atoms with Gasteiger partial charge in [-0.25, -0.2) is 0 Å². The molecule has 1 aromatic carbocycles. The van der Waals surface area contributed by atoms with Crippen molar-refractivity contribution in [2.75, 3.05) is 6.54 Å². The van der Waals surface area contributed by atoms with Crippen molar-refractivity contribution >= 4 is 12.4 Å². The van der Waals surface area contributed by atoms with Gasteiger partial charge in [0.2, 0.25) is 0 Å². The highest BCUT2D eigenvalue weighted by Crippen LogP contribution is 2.23. The van der Waals surface area contributed by atoms with Crippen LogP contribution in [0.3, 0.4) is 0 Å². The molecule has 2 rings (SSSR count). The first-order chi connectivity index (χ1) is 6.29. The summed E-state index contributed by atoms with van der Waals surface area (Å²) < 4.78 is 0. The number of nitrogens with one attached hydrogen (secondary N) is 1. The van der Waals surface area contributed by atoms with Gasteiger partial charge in [0, 0.05) is 6.54 Å². The molecule has 0 unspecified atom stereocenters. The standard InChI is InChI=1S/C10H13NO2.ClH/c12-8-6-11-9(10(8)13)7-4-2-1-3-5-7;/h1-5,8-13H,6H2;1H/t8-,9-,10+;/m1./s1. The Kier molecular flexibility index (Phi) is 3.89. The fraction of sp³-hybridized carbons (Fsp3) is 0.400. The Morgan fingerprint density at radius 2 is 1.79 bits per heavy atom. The van der Waals surface area contributed by atoms with Gasteiger partial charge in [-0.05, 0) is 5.56 Å². The third-order valence-electron chi connectivity index (χ3n) is 2.44. The van der Waals surface area contributed by atoms with Crippen molar-refractivity contribution in [2.45, 2.75) is 18.2 Å². The maximum Gasteiger partial charge on any atom is 0.101 e. The van der Waals surface area contributed by atoms with E-state index >= 15 is 0 Å². The van der Waals surface area contributed by atoms with Crippen LogP contribution < -0.4 is 5.32 Å². The van der Waals surface area contributed by atoms with Gasteiger partial charge in [-0.2, -0.15) is 0 Å². The Morgan fingerprint density at radius 3 is 2.29 bits per heavy atom. The topological polar surface area (TPSA) is 52.5 Å². The quantitative estimate of drug-likeness (QED) is 0.639. The summed E-state index contributed by atoms with van der Waals surface area (Å²) in [5.41, 5.74) is 1.02. The molecule has 1 saturated heterocycles. The molecule has 14 heavy (non-hydrogen) atoms. The normalized spacial score (nSPS) is 31.1. The molecule has 1 fully saturated rings. The van der Waals surface area contributed by atoms with Gasteiger partial charge in [-0.1, -0.05) is 30.3 Å². The minimum Gasteiger partial charge on any atom is -0.389 e. The molecular weight excluding hydrogens is 202 g/mol. The molecule has 0 spiro atoms. The summed E-state index contributed by atoms with van der Waals surface area (Å²) in [6, 6.07) is 9.54. The summed E-state index contributed by atoms with van der Waals surface area (Å²) in [5.74, 6) is 0. The summed E-state index contributed by atoms with van der Waals surface area (Å²) in [5, 5.41) is 22.0. The second-order valence-corrected chi connectivity index (χ2v) is 3.35. The fourth-order valence-electron chi connectivity index (χ4n) is 1.69. The number of halogens is 1. The highest BCUT2D eigenvalue weighted by atomic mass is 35.5. The summed E-state index contributed by atoms with van der Waals surface area (Å²) in [4.78, 5) is 0. The van der Waals surface area contributed by atoms with Crippen molar-refractivity contribution in [1.29, 1.82) is 0 Å². The molecule has 0 aromatic heterocycles. The highest BCUT2D eigenvalue weighted by Gasteiger charge is 2.33. The van der Waals surface area contributed by atoms with Crippen molar-refractivity contribution in [3.05, 3.63) is 35.9 Å². The first-order valence-corrected chi connectivity index (χ1v) is 4.43. The summed E-state index contributed by atoms with van der Waals surface area (Å²) in [6.45, 7) is 0.459. The van der Waals surface area contributed by atoms with Crippen LogP contribution in [0.15, 0.2) is 30.3 Å². The van der Waals surface area contributed by atoms with Crippen LogP contribution in [0.4, 0.5) is 0 Å². The molecule has 3 atom stereocenters. The molecule has 78 valence electrons. The molecule has 0 saturated carbocycles. The lowest BCUT2D eigenvalue weighted by atomic mass is 10.0. The van der Waals surface area contributed by atoms with E-state index < -0.39 is 12.2 Å². The van der Waals surface area contributed by atoms with Crippen LogP contribution in [-0.2, 0) is 0 Å². The van der Waals surface area contributed by atoms with Gasteiger partial charge >= 0.3 is 0 Å². The first kappa shape index (κ1) is 11.5. The van der Waals surface area contributed by atoms with E-state index in [-0.39, 0.29) is 18.4 Å². The SMILES string of the molecule is Cl.O[C@H]1[C@H](O)CN[C@@H]1c1ccccc1. The van der Waals surface area contributed by atoms with E-state index in [0.29, 0.717) is 6.54 Å². The second-order valence-electron chi connectivity index (χ2n) is 3.35. The molecule has 0 amide bonds. The number of hydrogen-bond donors (Lipinski definition) is 3. The molecule has 0 bridgehead atoms. The van der Waals surface area contributed by atoms with Crippen LogP contribution in [0.5, 0.6) is 0 Å². The van der Waals surface area contributed by atoms with Crippen LogP contribution in [-0.4, -0.2) is 29.0 Å². The van der Waals surface area contributed by atoms with Gasteiger partial charge in [-0.3, -0.25) is 0 Å². The van der Waals surface area contributed by atoms with Crippen molar-refractivity contribution < 1.29 is 10.2 Å². The van der Waals surface area contributed by atoms with E-state index in [1.807, 2.05) is 30.3 Å². The van der Waals surface area contributed by atoms with Crippen molar-refractivity contribution in [1.82, 2.24) is 5.32 Å². The third-order valence-corrected chi connectivity index (χ3v) is 2.44. The van der Waals surface area contributed by atoms with Gasteiger partial charge in [0.25, 0.3) is 0 Å². The van der Waals surface area contributed by atoms with Gasteiger partial charge in [0.15, 0.2) is 0 Å². The Balaban J connectivity index is 0.000000980. The molecule has 1 heterocycles. The maximum atomic E-state index is 9.60. The van der Waals surface area contributed by atoms with Crippen molar-refractivity contribution in [3.8, 4) is 0 Å². The molecule has 4 heteroatoms. The maximum absolute atomic E-state index is 9.60. The van der Waals surface area contributed by atoms with E-state index in [1.165, 1.54) is 0 Å². The molecule has 0 aliphatic carbocycles. The molecule has 1 aliphatic rings. The average molecular weight is 216 g/mol. The van der Waals surface area contributed by atoms with Crippen LogP contribution in [0.25, 0.3) is 0 Å². The number of β-amino-alcohol motifs (C(OH)–C–C–N with tert-alkyl or cyclic N) is 1. The molecule has 1 aliphatic heterocycles. The smallest absolute Gasteiger partial charge is 0.101 e.